The highest BCUT2D eigenvalue weighted by atomic mass is 32.2. The van der Waals surface area contributed by atoms with Crippen molar-refractivity contribution in [3.05, 3.63) is 35.9 Å². The SMILES string of the molecule is CNC(=O)[C@@H](NC1CSCCSC1)c1ccccc1. The van der Waals surface area contributed by atoms with Gasteiger partial charge in [0.25, 0.3) is 0 Å². The Labute approximate surface area is 123 Å². The number of nitrogens with one attached hydrogen (secondary N) is 2. The molecule has 1 aliphatic heterocycles. The molecule has 1 fully saturated rings. The Balaban J connectivity index is 2.07. The van der Waals surface area contributed by atoms with E-state index in [9.17, 15) is 4.79 Å². The van der Waals surface area contributed by atoms with E-state index in [1.807, 2.05) is 53.9 Å². The van der Waals surface area contributed by atoms with Crippen LogP contribution in [0, 0.1) is 0 Å². The van der Waals surface area contributed by atoms with Crippen LogP contribution in [0.1, 0.15) is 11.6 Å². The van der Waals surface area contributed by atoms with Crippen molar-refractivity contribution in [3.63, 3.8) is 0 Å². The number of rotatable bonds is 4. The van der Waals surface area contributed by atoms with Gasteiger partial charge in [-0.15, -0.1) is 0 Å². The molecule has 0 aromatic heterocycles. The van der Waals surface area contributed by atoms with Crippen molar-refractivity contribution in [1.29, 1.82) is 0 Å². The summed E-state index contributed by atoms with van der Waals surface area (Å²) in [6.45, 7) is 0. The van der Waals surface area contributed by atoms with Gasteiger partial charge in [-0.1, -0.05) is 30.3 Å². The number of benzene rings is 1. The van der Waals surface area contributed by atoms with Crippen molar-refractivity contribution in [2.75, 3.05) is 30.1 Å². The molecule has 1 amide bonds. The standard InChI is InChI=1S/C14H20N2OS2/c1-15-14(17)13(11-5-3-2-4-6-11)16-12-9-18-7-8-19-10-12/h2-6,12-13,16H,7-10H2,1H3,(H,15,17)/t13-/m0/s1. The molecule has 0 radical (unpaired) electrons. The topological polar surface area (TPSA) is 41.1 Å². The highest BCUT2D eigenvalue weighted by Gasteiger charge is 2.23. The number of carbonyl (C=O) groups is 1. The van der Waals surface area contributed by atoms with E-state index in [4.69, 9.17) is 0 Å². The number of hydrogen-bond acceptors (Lipinski definition) is 4. The third-order valence-corrected chi connectivity index (χ3v) is 5.57. The van der Waals surface area contributed by atoms with Gasteiger partial charge in [0.05, 0.1) is 0 Å². The van der Waals surface area contributed by atoms with E-state index in [2.05, 4.69) is 10.6 Å². The van der Waals surface area contributed by atoms with Gasteiger partial charge in [0, 0.05) is 36.1 Å². The van der Waals surface area contributed by atoms with Crippen LogP contribution < -0.4 is 10.6 Å². The monoisotopic (exact) mass is 296 g/mol. The highest BCUT2D eigenvalue weighted by molar-refractivity contribution is 8.03. The third-order valence-electron chi connectivity index (χ3n) is 3.05. The molecule has 1 aromatic rings. The van der Waals surface area contributed by atoms with Crippen LogP contribution in [0.5, 0.6) is 0 Å². The van der Waals surface area contributed by atoms with Crippen LogP contribution in [-0.4, -0.2) is 42.0 Å². The maximum absolute atomic E-state index is 12.1. The lowest BCUT2D eigenvalue weighted by Crippen LogP contribution is -2.43. The number of hydrogen-bond donors (Lipinski definition) is 2. The third kappa shape index (κ3) is 4.44. The molecule has 3 nitrogen and oxygen atoms in total. The fourth-order valence-electron chi connectivity index (χ4n) is 2.06. The quantitative estimate of drug-likeness (QED) is 0.890. The van der Waals surface area contributed by atoms with Gasteiger partial charge >= 0.3 is 0 Å². The first-order valence-corrected chi connectivity index (χ1v) is 8.80. The van der Waals surface area contributed by atoms with Gasteiger partial charge in [0.15, 0.2) is 0 Å². The fourth-order valence-corrected chi connectivity index (χ4v) is 4.48. The fraction of sp³-hybridized carbons (Fsp3) is 0.500. The molecule has 1 saturated heterocycles. The van der Waals surface area contributed by atoms with E-state index >= 15 is 0 Å². The summed E-state index contributed by atoms with van der Waals surface area (Å²) in [6, 6.07) is 10.1. The predicted octanol–water partition coefficient (Wildman–Crippen LogP) is 1.91. The first kappa shape index (κ1) is 14.8. The second kappa shape index (κ2) is 7.82. The molecule has 1 heterocycles. The Morgan fingerprint density at radius 1 is 1.21 bits per heavy atom. The van der Waals surface area contributed by atoms with E-state index in [1.54, 1.807) is 7.05 Å². The zero-order valence-corrected chi connectivity index (χ0v) is 12.7. The first-order chi connectivity index (χ1) is 9.31. The van der Waals surface area contributed by atoms with Crippen molar-refractivity contribution >= 4 is 29.4 Å². The van der Waals surface area contributed by atoms with Crippen LogP contribution in [0.3, 0.4) is 0 Å². The second-order valence-corrected chi connectivity index (χ2v) is 6.77. The summed E-state index contributed by atoms with van der Waals surface area (Å²) < 4.78 is 0. The Bertz CT molecular complexity index is 392. The minimum Gasteiger partial charge on any atom is -0.358 e. The number of carbonyl (C=O) groups excluding carboxylic acids is 1. The van der Waals surface area contributed by atoms with Gasteiger partial charge in [-0.3, -0.25) is 10.1 Å². The number of thioether (sulfide) groups is 2. The minimum atomic E-state index is -0.254. The summed E-state index contributed by atoms with van der Waals surface area (Å²) in [5.74, 6) is 4.60. The van der Waals surface area contributed by atoms with Gasteiger partial charge in [0.1, 0.15) is 6.04 Å². The van der Waals surface area contributed by atoms with Crippen molar-refractivity contribution < 1.29 is 4.79 Å². The van der Waals surface area contributed by atoms with Crippen LogP contribution in [0.15, 0.2) is 30.3 Å². The molecule has 19 heavy (non-hydrogen) atoms. The molecule has 0 spiro atoms. The molecule has 5 heteroatoms. The van der Waals surface area contributed by atoms with E-state index < -0.39 is 0 Å². The molecule has 1 aliphatic rings. The highest BCUT2D eigenvalue weighted by Crippen LogP contribution is 2.20. The van der Waals surface area contributed by atoms with Gasteiger partial charge < -0.3 is 5.32 Å². The Kier molecular flexibility index (Phi) is 6.07. The van der Waals surface area contributed by atoms with Crippen LogP contribution in [0.4, 0.5) is 0 Å². The van der Waals surface area contributed by atoms with Crippen LogP contribution in [0.25, 0.3) is 0 Å². The minimum absolute atomic E-state index is 0.0328. The summed E-state index contributed by atoms with van der Waals surface area (Å²) in [6.07, 6.45) is 0. The molecule has 0 bridgehead atoms. The Morgan fingerprint density at radius 2 is 1.84 bits per heavy atom. The van der Waals surface area contributed by atoms with Gasteiger partial charge in [-0.25, -0.2) is 0 Å². The smallest absolute Gasteiger partial charge is 0.241 e. The molecular formula is C14H20N2OS2. The average Bonchev–Trinajstić information content (AvgIpc) is 2.73. The van der Waals surface area contributed by atoms with Crippen LogP contribution in [0.2, 0.25) is 0 Å². The summed E-state index contributed by atoms with van der Waals surface area (Å²) in [5, 5.41) is 6.26. The summed E-state index contributed by atoms with van der Waals surface area (Å²) in [5.41, 5.74) is 1.03. The van der Waals surface area contributed by atoms with Crippen molar-refractivity contribution in [2.45, 2.75) is 12.1 Å². The lowest BCUT2D eigenvalue weighted by atomic mass is 10.1. The summed E-state index contributed by atoms with van der Waals surface area (Å²) >= 11 is 3.93. The molecule has 0 aliphatic carbocycles. The zero-order chi connectivity index (χ0) is 13.5. The molecular weight excluding hydrogens is 276 g/mol. The lowest BCUT2D eigenvalue weighted by molar-refractivity contribution is -0.122. The molecule has 2 N–H and O–H groups in total. The molecule has 1 atom stereocenters. The maximum atomic E-state index is 12.1. The van der Waals surface area contributed by atoms with Crippen LogP contribution >= 0.6 is 23.5 Å². The van der Waals surface area contributed by atoms with Crippen molar-refractivity contribution in [1.82, 2.24) is 10.6 Å². The average molecular weight is 296 g/mol. The molecule has 0 saturated carbocycles. The number of amides is 1. The van der Waals surface area contributed by atoms with E-state index in [0.29, 0.717) is 6.04 Å². The lowest BCUT2D eigenvalue weighted by Gasteiger charge is -2.23. The Morgan fingerprint density at radius 3 is 2.42 bits per heavy atom. The van der Waals surface area contributed by atoms with E-state index in [1.165, 1.54) is 11.5 Å². The predicted molar refractivity (Wildman–Crippen MR) is 84.8 cm³/mol. The van der Waals surface area contributed by atoms with Gasteiger partial charge in [0.2, 0.25) is 5.91 Å². The molecule has 0 unspecified atom stereocenters. The van der Waals surface area contributed by atoms with Gasteiger partial charge in [-0.05, 0) is 5.56 Å². The van der Waals surface area contributed by atoms with Crippen molar-refractivity contribution in [2.24, 2.45) is 0 Å². The van der Waals surface area contributed by atoms with E-state index in [0.717, 1.165) is 17.1 Å². The van der Waals surface area contributed by atoms with Crippen molar-refractivity contribution in [3.8, 4) is 0 Å². The van der Waals surface area contributed by atoms with E-state index in [-0.39, 0.29) is 11.9 Å². The number of likely N-dealkylation sites (N-methyl/N-ethyl adjacent to an activating group) is 1. The summed E-state index contributed by atoms with van der Waals surface area (Å²) in [7, 11) is 1.69. The molecule has 104 valence electrons. The first-order valence-electron chi connectivity index (χ1n) is 6.49. The normalized spacial score (nSPS) is 18.6. The largest absolute Gasteiger partial charge is 0.358 e. The van der Waals surface area contributed by atoms with Crippen LogP contribution in [-0.2, 0) is 4.79 Å². The van der Waals surface area contributed by atoms with Gasteiger partial charge in [-0.2, -0.15) is 23.5 Å². The molecule has 2 rings (SSSR count). The zero-order valence-electron chi connectivity index (χ0n) is 11.1. The molecule has 1 aromatic carbocycles. The summed E-state index contributed by atoms with van der Waals surface area (Å²) in [4.78, 5) is 12.1. The Hall–Kier alpha value is -0.650. The second-order valence-electron chi connectivity index (χ2n) is 4.47. The maximum Gasteiger partial charge on any atom is 0.241 e.